The van der Waals surface area contributed by atoms with Crippen LogP contribution in [0, 0.1) is 5.92 Å². The average Bonchev–Trinajstić information content (AvgIpc) is 3.22. The van der Waals surface area contributed by atoms with Gasteiger partial charge < -0.3 is 15.4 Å². The number of carbonyl (C=O) groups excluding carboxylic acids is 3. The van der Waals surface area contributed by atoms with Gasteiger partial charge in [-0.3, -0.25) is 14.5 Å². The molecule has 2 N–H and O–H groups in total. The van der Waals surface area contributed by atoms with Gasteiger partial charge in [0.2, 0.25) is 5.91 Å². The zero-order valence-corrected chi connectivity index (χ0v) is 16.4. The molecule has 1 saturated carbocycles. The van der Waals surface area contributed by atoms with Crippen molar-refractivity contribution in [2.45, 2.75) is 57.7 Å². The van der Waals surface area contributed by atoms with Gasteiger partial charge in [0.15, 0.2) is 0 Å². The number of carbonyl (C=O) groups is 3. The van der Waals surface area contributed by atoms with Gasteiger partial charge in [-0.1, -0.05) is 12.1 Å². The van der Waals surface area contributed by atoms with E-state index in [1.165, 1.54) is 0 Å². The molecule has 10 heteroatoms. The number of ether oxygens (including phenoxy) is 1. The summed E-state index contributed by atoms with van der Waals surface area (Å²) in [6.07, 6.45) is 6.00. The van der Waals surface area contributed by atoms with E-state index in [9.17, 15) is 14.4 Å². The zero-order valence-electron chi connectivity index (χ0n) is 16.4. The molecule has 1 aliphatic carbocycles. The van der Waals surface area contributed by atoms with Crippen molar-refractivity contribution < 1.29 is 19.1 Å². The average molecular weight is 392 g/mol. The van der Waals surface area contributed by atoms with E-state index in [-0.39, 0.29) is 24.9 Å². The molecule has 0 spiro atoms. The molecule has 28 heavy (non-hydrogen) atoms. The number of hydrogen-bond acceptors (Lipinski definition) is 6. The molecule has 1 aliphatic heterocycles. The Bertz CT molecular complexity index is 713. The van der Waals surface area contributed by atoms with Crippen molar-refractivity contribution in [1.29, 1.82) is 0 Å². The highest BCUT2D eigenvalue weighted by Gasteiger charge is 2.39. The summed E-state index contributed by atoms with van der Waals surface area (Å²) in [6.45, 7) is 3.01. The number of hydrogen-bond donors (Lipinski definition) is 2. The summed E-state index contributed by atoms with van der Waals surface area (Å²) in [6, 6.07) is -1.15. The highest BCUT2D eigenvalue weighted by atomic mass is 16.5. The minimum Gasteiger partial charge on any atom is -0.383 e. The highest BCUT2D eigenvalue weighted by molar-refractivity contribution is 6.06. The first-order chi connectivity index (χ1) is 13.5. The lowest BCUT2D eigenvalue weighted by Crippen LogP contribution is -2.45. The summed E-state index contributed by atoms with van der Waals surface area (Å²) in [4.78, 5) is 38.0. The fourth-order valence-electron chi connectivity index (χ4n) is 3.62. The van der Waals surface area contributed by atoms with Gasteiger partial charge >= 0.3 is 6.03 Å². The molecule has 0 bridgehead atoms. The van der Waals surface area contributed by atoms with E-state index in [2.05, 4.69) is 27.9 Å². The van der Waals surface area contributed by atoms with Crippen molar-refractivity contribution >= 4 is 17.8 Å². The van der Waals surface area contributed by atoms with Gasteiger partial charge in [0.1, 0.15) is 12.6 Å². The molecular weight excluding hydrogens is 364 g/mol. The van der Waals surface area contributed by atoms with Gasteiger partial charge in [-0.05, 0) is 31.6 Å². The molecule has 10 nitrogen and oxygen atoms in total. The Morgan fingerprint density at radius 3 is 2.79 bits per heavy atom. The van der Waals surface area contributed by atoms with Gasteiger partial charge in [0.25, 0.3) is 5.91 Å². The van der Waals surface area contributed by atoms with Crippen LogP contribution >= 0.6 is 0 Å². The van der Waals surface area contributed by atoms with Crippen LogP contribution in [0.5, 0.6) is 0 Å². The summed E-state index contributed by atoms with van der Waals surface area (Å²) < 4.78 is 6.61. The minimum absolute atomic E-state index is 0.127. The first-order valence-corrected chi connectivity index (χ1v) is 9.75. The number of aromatic nitrogens is 3. The largest absolute Gasteiger partial charge is 0.383 e. The summed E-state index contributed by atoms with van der Waals surface area (Å²) in [7, 11) is 1.60. The van der Waals surface area contributed by atoms with E-state index in [0.29, 0.717) is 24.8 Å². The van der Waals surface area contributed by atoms with E-state index in [4.69, 9.17) is 4.74 Å². The summed E-state index contributed by atoms with van der Waals surface area (Å²) in [5.41, 5.74) is 0.595. The van der Waals surface area contributed by atoms with Gasteiger partial charge in [-0.15, -0.1) is 5.10 Å². The minimum atomic E-state index is -0.733. The maximum absolute atomic E-state index is 12.6. The van der Waals surface area contributed by atoms with Gasteiger partial charge in [-0.25, -0.2) is 9.48 Å². The van der Waals surface area contributed by atoms with Crippen LogP contribution in [0.15, 0.2) is 6.20 Å². The number of imide groups is 1. The van der Waals surface area contributed by atoms with Crippen molar-refractivity contribution in [3.05, 3.63) is 11.9 Å². The maximum Gasteiger partial charge on any atom is 0.325 e. The first kappa shape index (κ1) is 20.2. The van der Waals surface area contributed by atoms with Crippen molar-refractivity contribution in [2.75, 3.05) is 20.3 Å². The second-order valence-corrected chi connectivity index (χ2v) is 7.62. The van der Waals surface area contributed by atoms with Crippen LogP contribution in [0.2, 0.25) is 0 Å². The maximum atomic E-state index is 12.6. The van der Waals surface area contributed by atoms with E-state index >= 15 is 0 Å². The quantitative estimate of drug-likeness (QED) is 0.605. The number of nitrogens with one attached hydrogen (secondary N) is 2. The molecule has 4 amide bonds. The van der Waals surface area contributed by atoms with Crippen LogP contribution in [0.1, 0.15) is 38.3 Å². The van der Waals surface area contributed by atoms with Crippen LogP contribution in [0.4, 0.5) is 4.79 Å². The Balaban J connectivity index is 1.50. The number of amides is 4. The molecule has 2 fully saturated rings. The lowest BCUT2D eigenvalue weighted by atomic mass is 9.87. The van der Waals surface area contributed by atoms with Crippen molar-refractivity contribution in [3.63, 3.8) is 0 Å². The Morgan fingerprint density at radius 1 is 1.32 bits per heavy atom. The third kappa shape index (κ3) is 5.06. The predicted molar refractivity (Wildman–Crippen MR) is 99.2 cm³/mol. The lowest BCUT2D eigenvalue weighted by Gasteiger charge is -2.27. The summed E-state index contributed by atoms with van der Waals surface area (Å²) in [5.74, 6) is -0.0228. The number of methoxy groups -OCH3 is 1. The van der Waals surface area contributed by atoms with E-state index in [0.717, 1.165) is 30.6 Å². The summed E-state index contributed by atoms with van der Waals surface area (Å²) >= 11 is 0. The fourth-order valence-corrected chi connectivity index (χ4v) is 3.62. The zero-order chi connectivity index (χ0) is 20.1. The van der Waals surface area contributed by atoms with Crippen LogP contribution in [-0.4, -0.2) is 70.1 Å². The predicted octanol–water partition coefficient (Wildman–Crippen LogP) is 0.0823. The Kier molecular flexibility index (Phi) is 6.61. The number of nitrogens with zero attached hydrogens (tertiary/aromatic N) is 4. The third-order valence-corrected chi connectivity index (χ3v) is 5.31. The lowest BCUT2D eigenvalue weighted by molar-refractivity contribution is -0.132. The van der Waals surface area contributed by atoms with Crippen LogP contribution in [0.3, 0.4) is 0 Å². The topological polar surface area (TPSA) is 118 Å². The molecule has 1 aromatic heterocycles. The molecule has 3 rings (SSSR count). The van der Waals surface area contributed by atoms with Crippen LogP contribution < -0.4 is 10.6 Å². The van der Waals surface area contributed by atoms with Gasteiger partial charge in [0.05, 0.1) is 18.8 Å². The molecule has 0 aromatic carbocycles. The van der Waals surface area contributed by atoms with E-state index in [1.54, 1.807) is 18.0 Å². The monoisotopic (exact) mass is 392 g/mol. The molecule has 0 unspecified atom stereocenters. The Morgan fingerprint density at radius 2 is 2.07 bits per heavy atom. The van der Waals surface area contributed by atoms with E-state index < -0.39 is 18.0 Å². The molecule has 2 heterocycles. The van der Waals surface area contributed by atoms with Crippen LogP contribution in [0.25, 0.3) is 0 Å². The van der Waals surface area contributed by atoms with Crippen LogP contribution in [-0.2, 0) is 27.3 Å². The first-order valence-electron chi connectivity index (χ1n) is 9.75. The van der Waals surface area contributed by atoms with Gasteiger partial charge in [0, 0.05) is 25.8 Å². The molecule has 1 aromatic rings. The molecule has 154 valence electrons. The molecular formula is C18H28N6O4. The smallest absolute Gasteiger partial charge is 0.325 e. The van der Waals surface area contributed by atoms with Gasteiger partial charge in [-0.2, -0.15) is 0 Å². The highest BCUT2D eigenvalue weighted by Crippen LogP contribution is 2.23. The summed E-state index contributed by atoms with van der Waals surface area (Å²) in [5, 5.41) is 13.5. The third-order valence-electron chi connectivity index (χ3n) is 5.31. The fraction of sp³-hybridized carbons (Fsp3) is 0.722. The van der Waals surface area contributed by atoms with Crippen molar-refractivity contribution in [3.8, 4) is 0 Å². The second-order valence-electron chi connectivity index (χ2n) is 7.62. The Labute approximate surface area is 164 Å². The normalized spacial score (nSPS) is 25.1. The number of urea groups is 1. The Hall–Kier alpha value is -2.49. The molecule has 2 aliphatic rings. The SMILES string of the molecule is COCCn1cc(C[C@H]2NC(=O)N(CC(=O)NC3CCC(C)CC3)C2=O)nn1. The van der Waals surface area contributed by atoms with Crippen molar-refractivity contribution in [2.24, 2.45) is 5.92 Å². The number of rotatable bonds is 8. The molecule has 1 atom stereocenters. The van der Waals surface area contributed by atoms with E-state index in [1.807, 2.05) is 0 Å². The standard InChI is InChI=1S/C18H28N6O4/c1-12-3-5-13(6-4-12)19-16(25)11-24-17(26)15(20-18(24)27)9-14-10-23(22-21-14)7-8-28-2/h10,12-13,15H,3-9,11H2,1-2H3,(H,19,25)(H,20,27)/t12?,13?,15-/m1/s1. The van der Waals surface area contributed by atoms with Crippen molar-refractivity contribution in [1.82, 2.24) is 30.5 Å². The second kappa shape index (κ2) is 9.13. The molecule has 1 saturated heterocycles. The molecule has 0 radical (unpaired) electrons.